The van der Waals surface area contributed by atoms with E-state index in [4.69, 9.17) is 5.11 Å². The van der Waals surface area contributed by atoms with Crippen molar-refractivity contribution in [2.45, 2.75) is 84.0 Å². The van der Waals surface area contributed by atoms with Gasteiger partial charge >= 0.3 is 0 Å². The largest absolute Gasteiger partial charge is 0.396 e. The Bertz CT molecular complexity index is 305. The Labute approximate surface area is 137 Å². The lowest BCUT2D eigenvalue weighted by Crippen LogP contribution is -1.81. The van der Waals surface area contributed by atoms with E-state index in [1.165, 1.54) is 44.9 Å². The Morgan fingerprint density at radius 1 is 0.773 bits per heavy atom. The molecule has 0 heterocycles. The van der Waals surface area contributed by atoms with Gasteiger partial charge in [-0.2, -0.15) is 0 Å². The minimum absolute atomic E-state index is 0.0517. The molecular formula is C20H35FO. The third-order valence-electron chi connectivity index (χ3n) is 3.59. The van der Waals surface area contributed by atoms with Crippen LogP contribution >= 0.6 is 0 Å². The lowest BCUT2D eigenvalue weighted by Gasteiger charge is -1.95. The number of halogens is 1. The van der Waals surface area contributed by atoms with Crippen LogP contribution in [0.25, 0.3) is 0 Å². The third kappa shape index (κ3) is 17.2. The van der Waals surface area contributed by atoms with Gasteiger partial charge in [0.15, 0.2) is 0 Å². The van der Waals surface area contributed by atoms with Crippen LogP contribution in [-0.4, -0.2) is 11.7 Å². The number of rotatable bonds is 15. The summed E-state index contributed by atoms with van der Waals surface area (Å²) in [6.45, 7) is 2.43. The first-order chi connectivity index (χ1) is 10.8. The molecule has 0 amide bonds. The van der Waals surface area contributed by atoms with Crippen LogP contribution in [0.5, 0.6) is 0 Å². The molecule has 0 unspecified atom stereocenters. The zero-order valence-corrected chi connectivity index (χ0v) is 14.4. The summed E-state index contributed by atoms with van der Waals surface area (Å²) >= 11 is 0. The van der Waals surface area contributed by atoms with Crippen molar-refractivity contribution in [3.8, 4) is 0 Å². The SMILES string of the molecule is CCCCC/C=C/CCCC/C=C/C/C(F)=C/CCCCO. The molecule has 22 heavy (non-hydrogen) atoms. The molecule has 1 nitrogen and oxygen atoms in total. The van der Waals surface area contributed by atoms with E-state index in [1.807, 2.05) is 6.08 Å². The van der Waals surface area contributed by atoms with Crippen LogP contribution in [0.1, 0.15) is 84.0 Å². The number of aliphatic hydroxyl groups is 1. The second kappa shape index (κ2) is 18.2. The van der Waals surface area contributed by atoms with Gasteiger partial charge in [-0.25, -0.2) is 4.39 Å². The van der Waals surface area contributed by atoms with Gasteiger partial charge in [-0.1, -0.05) is 50.1 Å². The quantitative estimate of drug-likeness (QED) is 0.265. The molecule has 1 N–H and O–H groups in total. The minimum atomic E-state index is -0.0517. The van der Waals surface area contributed by atoms with Crippen LogP contribution in [0.4, 0.5) is 4.39 Å². The van der Waals surface area contributed by atoms with E-state index in [0.29, 0.717) is 6.42 Å². The maximum absolute atomic E-state index is 13.4. The molecule has 0 aromatic carbocycles. The van der Waals surface area contributed by atoms with Crippen molar-refractivity contribution in [3.63, 3.8) is 0 Å². The van der Waals surface area contributed by atoms with E-state index in [2.05, 4.69) is 25.2 Å². The molecule has 0 saturated carbocycles. The monoisotopic (exact) mass is 310 g/mol. The first-order valence-corrected chi connectivity index (χ1v) is 9.06. The molecular weight excluding hydrogens is 275 g/mol. The van der Waals surface area contributed by atoms with Crippen molar-refractivity contribution in [2.75, 3.05) is 6.61 Å². The topological polar surface area (TPSA) is 20.2 Å². The molecule has 0 aliphatic rings. The summed E-state index contributed by atoms with van der Waals surface area (Å²) in [6, 6.07) is 0. The van der Waals surface area contributed by atoms with Crippen molar-refractivity contribution < 1.29 is 9.50 Å². The Hall–Kier alpha value is -0.890. The normalized spacial score (nSPS) is 12.8. The van der Waals surface area contributed by atoms with Gasteiger partial charge in [0, 0.05) is 13.0 Å². The van der Waals surface area contributed by atoms with Crippen LogP contribution < -0.4 is 0 Å². The smallest absolute Gasteiger partial charge is 0.0997 e. The van der Waals surface area contributed by atoms with Crippen LogP contribution in [0, 0.1) is 0 Å². The Balaban J connectivity index is 3.39. The highest BCUT2D eigenvalue weighted by molar-refractivity contribution is 4.99. The molecule has 0 spiro atoms. The second-order valence-electron chi connectivity index (χ2n) is 5.80. The Kier molecular flexibility index (Phi) is 17.4. The van der Waals surface area contributed by atoms with Gasteiger partial charge in [-0.3, -0.25) is 0 Å². The van der Waals surface area contributed by atoms with Crippen molar-refractivity contribution in [1.82, 2.24) is 0 Å². The molecule has 0 fully saturated rings. The zero-order valence-electron chi connectivity index (χ0n) is 14.4. The molecule has 0 bridgehead atoms. The Morgan fingerprint density at radius 2 is 1.32 bits per heavy atom. The van der Waals surface area contributed by atoms with E-state index < -0.39 is 0 Å². The summed E-state index contributed by atoms with van der Waals surface area (Å²) in [6.07, 6.45) is 22.8. The summed E-state index contributed by atoms with van der Waals surface area (Å²) in [5, 5.41) is 8.63. The molecule has 0 rings (SSSR count). The molecule has 0 aromatic heterocycles. The molecule has 0 atom stereocenters. The molecule has 2 heteroatoms. The van der Waals surface area contributed by atoms with Crippen molar-refractivity contribution in [2.24, 2.45) is 0 Å². The van der Waals surface area contributed by atoms with Crippen molar-refractivity contribution in [3.05, 3.63) is 36.2 Å². The number of aliphatic hydroxyl groups excluding tert-OH is 1. The molecule has 0 aliphatic carbocycles. The van der Waals surface area contributed by atoms with Gasteiger partial charge in [-0.05, 0) is 57.8 Å². The first kappa shape index (κ1) is 21.1. The van der Waals surface area contributed by atoms with E-state index in [9.17, 15) is 4.39 Å². The van der Waals surface area contributed by atoms with Crippen LogP contribution in [0.15, 0.2) is 36.2 Å². The van der Waals surface area contributed by atoms with Crippen LogP contribution in [0.2, 0.25) is 0 Å². The summed E-state index contributed by atoms with van der Waals surface area (Å²) in [7, 11) is 0. The fraction of sp³-hybridized carbons (Fsp3) is 0.700. The minimum Gasteiger partial charge on any atom is -0.396 e. The van der Waals surface area contributed by atoms with Gasteiger partial charge < -0.3 is 5.11 Å². The summed E-state index contributed by atoms with van der Waals surface area (Å²) in [4.78, 5) is 0. The number of hydrogen-bond donors (Lipinski definition) is 1. The van der Waals surface area contributed by atoms with Gasteiger partial charge in [0.25, 0.3) is 0 Å². The van der Waals surface area contributed by atoms with E-state index in [1.54, 1.807) is 6.08 Å². The van der Waals surface area contributed by atoms with Gasteiger partial charge in [0.05, 0.1) is 5.83 Å². The highest BCUT2D eigenvalue weighted by Crippen LogP contribution is 2.09. The highest BCUT2D eigenvalue weighted by Gasteiger charge is 1.91. The first-order valence-electron chi connectivity index (χ1n) is 9.06. The lowest BCUT2D eigenvalue weighted by atomic mass is 10.1. The van der Waals surface area contributed by atoms with Gasteiger partial charge in [0.1, 0.15) is 0 Å². The number of allylic oxidation sites excluding steroid dienone is 6. The van der Waals surface area contributed by atoms with Gasteiger partial charge in [0.2, 0.25) is 0 Å². The zero-order chi connectivity index (χ0) is 16.3. The molecule has 0 aliphatic heterocycles. The average Bonchev–Trinajstić information content (AvgIpc) is 2.52. The van der Waals surface area contributed by atoms with E-state index in [-0.39, 0.29) is 12.4 Å². The van der Waals surface area contributed by atoms with Gasteiger partial charge in [-0.15, -0.1) is 0 Å². The maximum Gasteiger partial charge on any atom is 0.0997 e. The second-order valence-corrected chi connectivity index (χ2v) is 5.80. The predicted octanol–water partition coefficient (Wildman–Crippen LogP) is 6.65. The Morgan fingerprint density at radius 3 is 1.91 bits per heavy atom. The fourth-order valence-electron chi connectivity index (χ4n) is 2.18. The maximum atomic E-state index is 13.4. The number of unbranched alkanes of at least 4 members (excludes halogenated alkanes) is 8. The molecule has 0 radical (unpaired) electrons. The fourth-order valence-corrected chi connectivity index (χ4v) is 2.18. The van der Waals surface area contributed by atoms with Crippen LogP contribution in [-0.2, 0) is 0 Å². The van der Waals surface area contributed by atoms with E-state index >= 15 is 0 Å². The van der Waals surface area contributed by atoms with Crippen LogP contribution in [0.3, 0.4) is 0 Å². The number of hydrogen-bond acceptors (Lipinski definition) is 1. The van der Waals surface area contributed by atoms with Crippen molar-refractivity contribution in [1.29, 1.82) is 0 Å². The summed E-state index contributed by atoms with van der Waals surface area (Å²) in [5.41, 5.74) is 0. The van der Waals surface area contributed by atoms with E-state index in [0.717, 1.165) is 25.7 Å². The lowest BCUT2D eigenvalue weighted by molar-refractivity contribution is 0.285. The molecule has 0 aromatic rings. The highest BCUT2D eigenvalue weighted by atomic mass is 19.1. The summed E-state index contributed by atoms with van der Waals surface area (Å²) < 4.78 is 13.4. The summed E-state index contributed by atoms with van der Waals surface area (Å²) in [5.74, 6) is -0.0517. The molecule has 0 saturated heterocycles. The average molecular weight is 310 g/mol. The predicted molar refractivity (Wildman–Crippen MR) is 95.6 cm³/mol. The third-order valence-corrected chi connectivity index (χ3v) is 3.59. The molecule has 128 valence electrons. The van der Waals surface area contributed by atoms with Crippen molar-refractivity contribution >= 4 is 0 Å². The standard InChI is InChI=1S/C20H35FO/c1-2-3-4-5-6-7-8-9-10-11-12-14-17-20(21)18-15-13-16-19-22/h6-7,12,14,18,22H,2-5,8-11,13,15-17,19H2,1H3/b7-6+,14-12+,20-18-.